The number of rotatable bonds is 6. The Bertz CT molecular complexity index is 710. The second-order valence-corrected chi connectivity index (χ2v) is 6.75. The Balaban J connectivity index is 2.00. The van der Waals surface area contributed by atoms with Crippen LogP contribution in [0.1, 0.15) is 36.8 Å². The third-order valence-corrected chi connectivity index (χ3v) is 4.84. The maximum Gasteiger partial charge on any atom is 0.261 e. The fraction of sp³-hybridized carbons (Fsp3) is 0.444. The Morgan fingerprint density at radius 2 is 1.88 bits per heavy atom. The van der Waals surface area contributed by atoms with E-state index in [1.807, 2.05) is 63.0 Å². The predicted molar refractivity (Wildman–Crippen MR) is 97.6 cm³/mol. The Labute approximate surface area is 147 Å². The monoisotopic (exact) mass is 347 g/mol. The summed E-state index contributed by atoms with van der Waals surface area (Å²) in [6.07, 6.45) is 1.46. The highest BCUT2D eigenvalue weighted by atomic mass is 32.2. The van der Waals surface area contributed by atoms with Crippen molar-refractivity contribution in [3.8, 4) is 5.75 Å². The summed E-state index contributed by atoms with van der Waals surface area (Å²) in [4.78, 5) is 13.6. The second kappa shape index (κ2) is 7.75. The smallest absolute Gasteiger partial charge is 0.261 e. The molecule has 24 heavy (non-hydrogen) atoms. The van der Waals surface area contributed by atoms with Gasteiger partial charge in [-0.05, 0) is 58.2 Å². The highest BCUT2D eigenvalue weighted by molar-refractivity contribution is 7.98. The fourth-order valence-corrected chi connectivity index (χ4v) is 3.14. The Morgan fingerprint density at radius 3 is 2.38 bits per heavy atom. The lowest BCUT2D eigenvalue weighted by Crippen LogP contribution is -2.38. The van der Waals surface area contributed by atoms with Gasteiger partial charge in [0.05, 0.1) is 11.7 Å². The van der Waals surface area contributed by atoms with Gasteiger partial charge in [-0.3, -0.25) is 9.48 Å². The maximum atomic E-state index is 12.4. The number of aromatic nitrogens is 2. The van der Waals surface area contributed by atoms with Crippen LogP contribution < -0.4 is 10.1 Å². The van der Waals surface area contributed by atoms with Gasteiger partial charge in [-0.2, -0.15) is 5.10 Å². The van der Waals surface area contributed by atoms with Crippen LogP contribution in [0, 0.1) is 13.8 Å². The Morgan fingerprint density at radius 1 is 1.25 bits per heavy atom. The fourth-order valence-electron chi connectivity index (χ4n) is 2.73. The number of amides is 1. The van der Waals surface area contributed by atoms with Crippen molar-refractivity contribution in [2.24, 2.45) is 7.05 Å². The third kappa shape index (κ3) is 4.12. The normalized spacial score (nSPS) is 13.4. The van der Waals surface area contributed by atoms with E-state index < -0.39 is 6.10 Å². The van der Waals surface area contributed by atoms with Crippen molar-refractivity contribution in [1.29, 1.82) is 0 Å². The summed E-state index contributed by atoms with van der Waals surface area (Å²) in [5.41, 5.74) is 3.05. The molecule has 2 atom stereocenters. The second-order valence-electron chi connectivity index (χ2n) is 5.87. The standard InChI is InChI=1S/C18H25N3O2S/c1-11(17-12(2)20-21(5)13(17)3)19-18(22)14(4)23-15-7-9-16(24-6)10-8-15/h7-11,14H,1-6H3,(H,19,22)/t11-,14-/m1/s1. The minimum absolute atomic E-state index is 0.115. The molecule has 0 radical (unpaired) electrons. The van der Waals surface area contributed by atoms with Gasteiger partial charge in [-0.1, -0.05) is 0 Å². The van der Waals surface area contributed by atoms with Crippen LogP contribution in [0.4, 0.5) is 0 Å². The summed E-state index contributed by atoms with van der Waals surface area (Å²) >= 11 is 1.67. The van der Waals surface area contributed by atoms with Crippen LogP contribution in [0.5, 0.6) is 5.75 Å². The molecule has 0 aliphatic rings. The lowest BCUT2D eigenvalue weighted by atomic mass is 10.1. The van der Waals surface area contributed by atoms with Crippen molar-refractivity contribution in [1.82, 2.24) is 15.1 Å². The van der Waals surface area contributed by atoms with Crippen molar-refractivity contribution >= 4 is 17.7 Å². The van der Waals surface area contributed by atoms with E-state index in [2.05, 4.69) is 10.4 Å². The zero-order chi connectivity index (χ0) is 17.9. The van der Waals surface area contributed by atoms with Crippen molar-refractivity contribution < 1.29 is 9.53 Å². The van der Waals surface area contributed by atoms with Gasteiger partial charge in [-0.15, -0.1) is 11.8 Å². The van der Waals surface area contributed by atoms with Gasteiger partial charge in [0.2, 0.25) is 0 Å². The van der Waals surface area contributed by atoms with Gasteiger partial charge in [0, 0.05) is 23.2 Å². The number of carbonyl (C=O) groups is 1. The molecule has 6 heteroatoms. The van der Waals surface area contributed by atoms with Gasteiger partial charge in [-0.25, -0.2) is 0 Å². The molecule has 0 saturated carbocycles. The van der Waals surface area contributed by atoms with Gasteiger partial charge < -0.3 is 10.1 Å². The number of ether oxygens (including phenoxy) is 1. The molecule has 0 unspecified atom stereocenters. The summed E-state index contributed by atoms with van der Waals surface area (Å²) in [5, 5.41) is 7.41. The quantitative estimate of drug-likeness (QED) is 0.814. The summed E-state index contributed by atoms with van der Waals surface area (Å²) < 4.78 is 7.57. The topological polar surface area (TPSA) is 56.1 Å². The Hall–Kier alpha value is -1.95. The van der Waals surface area contributed by atoms with Gasteiger partial charge in [0.1, 0.15) is 5.75 Å². The van der Waals surface area contributed by atoms with Crippen LogP contribution in [-0.4, -0.2) is 28.0 Å². The van der Waals surface area contributed by atoms with Crippen molar-refractivity contribution in [2.45, 2.75) is 44.7 Å². The number of nitrogens with zero attached hydrogens (tertiary/aromatic N) is 2. The molecule has 0 bridgehead atoms. The molecule has 1 N–H and O–H groups in total. The number of benzene rings is 1. The average molecular weight is 347 g/mol. The molecule has 130 valence electrons. The molecule has 0 aliphatic carbocycles. The van der Waals surface area contributed by atoms with Crippen LogP contribution in [0.2, 0.25) is 0 Å². The summed E-state index contributed by atoms with van der Waals surface area (Å²) in [6.45, 7) is 7.69. The summed E-state index contributed by atoms with van der Waals surface area (Å²) in [7, 11) is 1.91. The lowest BCUT2D eigenvalue weighted by molar-refractivity contribution is -0.127. The first-order chi connectivity index (χ1) is 11.3. The molecule has 5 nitrogen and oxygen atoms in total. The average Bonchev–Trinajstić information content (AvgIpc) is 2.80. The number of hydrogen-bond donors (Lipinski definition) is 1. The van der Waals surface area contributed by atoms with Gasteiger partial charge in [0.25, 0.3) is 5.91 Å². The molecule has 0 aliphatic heterocycles. The van der Waals surface area contributed by atoms with Crippen molar-refractivity contribution in [2.75, 3.05) is 6.26 Å². The number of hydrogen-bond acceptors (Lipinski definition) is 4. The van der Waals surface area contributed by atoms with Crippen molar-refractivity contribution in [3.05, 3.63) is 41.2 Å². The van der Waals surface area contributed by atoms with E-state index in [1.54, 1.807) is 18.7 Å². The molecule has 1 aromatic heterocycles. The number of thioether (sulfide) groups is 1. The number of carbonyl (C=O) groups excluding carboxylic acids is 1. The van der Waals surface area contributed by atoms with E-state index in [9.17, 15) is 4.79 Å². The zero-order valence-electron chi connectivity index (χ0n) is 15.1. The first kappa shape index (κ1) is 18.4. The van der Waals surface area contributed by atoms with E-state index in [4.69, 9.17) is 4.74 Å². The molecule has 2 aromatic rings. The molecular formula is C18H25N3O2S. The molecule has 0 saturated heterocycles. The number of aryl methyl sites for hydroxylation is 2. The molecule has 0 fully saturated rings. The molecule has 0 spiro atoms. The van der Waals surface area contributed by atoms with Crippen LogP contribution in [-0.2, 0) is 11.8 Å². The third-order valence-electron chi connectivity index (χ3n) is 4.10. The number of nitrogens with one attached hydrogen (secondary N) is 1. The van der Waals surface area contributed by atoms with Gasteiger partial charge in [0.15, 0.2) is 6.10 Å². The maximum absolute atomic E-state index is 12.4. The SMILES string of the molecule is CSc1ccc(O[C@H](C)C(=O)N[C@H](C)c2c(C)nn(C)c2C)cc1. The van der Waals surface area contributed by atoms with Crippen molar-refractivity contribution in [3.63, 3.8) is 0 Å². The largest absolute Gasteiger partial charge is 0.481 e. The summed E-state index contributed by atoms with van der Waals surface area (Å²) in [6, 6.07) is 7.62. The van der Waals surface area contributed by atoms with Crippen LogP contribution in [0.25, 0.3) is 0 Å². The minimum atomic E-state index is -0.565. The Kier molecular flexibility index (Phi) is 5.94. The molecule has 2 rings (SSSR count). The minimum Gasteiger partial charge on any atom is -0.481 e. The summed E-state index contributed by atoms with van der Waals surface area (Å²) in [5.74, 6) is 0.552. The highest BCUT2D eigenvalue weighted by Crippen LogP contribution is 2.22. The molecule has 1 heterocycles. The molecular weight excluding hydrogens is 322 g/mol. The van der Waals surface area contributed by atoms with E-state index >= 15 is 0 Å². The first-order valence-electron chi connectivity index (χ1n) is 7.94. The van der Waals surface area contributed by atoms with Crippen LogP contribution in [0.15, 0.2) is 29.2 Å². The van der Waals surface area contributed by atoms with Crippen LogP contribution in [0.3, 0.4) is 0 Å². The molecule has 1 aromatic carbocycles. The van der Waals surface area contributed by atoms with Gasteiger partial charge >= 0.3 is 0 Å². The molecule has 1 amide bonds. The van der Waals surface area contributed by atoms with E-state index in [1.165, 1.54) is 0 Å². The predicted octanol–water partition coefficient (Wildman–Crippen LogP) is 3.40. The lowest BCUT2D eigenvalue weighted by Gasteiger charge is -2.19. The van der Waals surface area contributed by atoms with E-state index in [0.29, 0.717) is 5.75 Å². The van der Waals surface area contributed by atoms with E-state index in [-0.39, 0.29) is 11.9 Å². The zero-order valence-corrected chi connectivity index (χ0v) is 15.9. The van der Waals surface area contributed by atoms with Crippen LogP contribution >= 0.6 is 11.8 Å². The highest BCUT2D eigenvalue weighted by Gasteiger charge is 2.21. The van der Waals surface area contributed by atoms with E-state index in [0.717, 1.165) is 21.8 Å². The first-order valence-corrected chi connectivity index (χ1v) is 9.17.